The Morgan fingerprint density at radius 1 is 1.30 bits per heavy atom. The number of amides is 1. The van der Waals surface area contributed by atoms with Crippen LogP contribution in [0.15, 0.2) is 24.3 Å². The molecule has 2 aromatic rings. The molecule has 0 radical (unpaired) electrons. The number of aliphatic hydroxyl groups excluding tert-OH is 3. The second kappa shape index (κ2) is 10.7. The number of aromatic nitrogens is 3. The predicted octanol–water partition coefficient (Wildman–Crippen LogP) is 1.39. The molecule has 2 heterocycles. The molecule has 182 valence electrons. The average Bonchev–Trinajstić information content (AvgIpc) is 3.12. The van der Waals surface area contributed by atoms with Gasteiger partial charge in [-0.15, -0.1) is 0 Å². The van der Waals surface area contributed by atoms with Crippen LogP contribution in [0.2, 0.25) is 0 Å². The molecule has 3 rings (SSSR count). The van der Waals surface area contributed by atoms with Gasteiger partial charge in [-0.25, -0.2) is 4.68 Å². The summed E-state index contributed by atoms with van der Waals surface area (Å²) < 4.78 is 15.3. The van der Waals surface area contributed by atoms with E-state index in [1.54, 1.807) is 0 Å². The van der Waals surface area contributed by atoms with Gasteiger partial charge >= 0.3 is 0 Å². The zero-order valence-electron chi connectivity index (χ0n) is 19.2. The molecule has 11 heteroatoms. The minimum Gasteiger partial charge on any atom is -0.486 e. The van der Waals surface area contributed by atoms with Crippen LogP contribution in [-0.4, -0.2) is 66.5 Å². The van der Waals surface area contributed by atoms with Gasteiger partial charge in [-0.1, -0.05) is 24.6 Å². The van der Waals surface area contributed by atoms with Crippen molar-refractivity contribution in [3.8, 4) is 5.75 Å². The van der Waals surface area contributed by atoms with Gasteiger partial charge in [-0.05, 0) is 44.6 Å². The van der Waals surface area contributed by atoms with E-state index in [2.05, 4.69) is 10.4 Å². The molecule has 0 saturated carbocycles. The van der Waals surface area contributed by atoms with Crippen molar-refractivity contribution in [2.45, 2.75) is 77.3 Å². The third-order valence-electron chi connectivity index (χ3n) is 5.83. The van der Waals surface area contributed by atoms with Crippen molar-refractivity contribution in [3.63, 3.8) is 0 Å². The number of carbonyl (C=O) groups excluding carboxylic acids is 1. The number of carbonyl (C=O) groups is 1. The number of benzene rings is 1. The van der Waals surface area contributed by atoms with Crippen molar-refractivity contribution in [1.29, 1.82) is 0 Å². The Morgan fingerprint density at radius 3 is 2.55 bits per heavy atom. The molecule has 1 unspecified atom stereocenters. The third kappa shape index (κ3) is 5.44. The lowest BCUT2D eigenvalue weighted by atomic mass is 9.96. The van der Waals surface area contributed by atoms with E-state index in [0.717, 1.165) is 12.0 Å². The second-order valence-corrected chi connectivity index (χ2v) is 8.69. The summed E-state index contributed by atoms with van der Waals surface area (Å²) in [6, 6.07) is 6.60. The first-order chi connectivity index (χ1) is 15.7. The topological polar surface area (TPSA) is 131 Å². The minimum atomic E-state index is -1.40. The fourth-order valence-electron chi connectivity index (χ4n) is 3.81. The van der Waals surface area contributed by atoms with Crippen LogP contribution in [0.5, 0.6) is 5.75 Å². The van der Waals surface area contributed by atoms with Crippen LogP contribution < -0.4 is 10.1 Å². The van der Waals surface area contributed by atoms with Crippen molar-refractivity contribution in [2.75, 3.05) is 6.61 Å². The number of rotatable bonds is 8. The normalized spacial score (nSPS) is 26.1. The highest BCUT2D eigenvalue weighted by Gasteiger charge is 2.46. The Kier molecular flexibility index (Phi) is 8.24. The summed E-state index contributed by atoms with van der Waals surface area (Å²) in [4.78, 5) is 11.8. The van der Waals surface area contributed by atoms with Gasteiger partial charge in [0.2, 0.25) is 10.7 Å². The summed E-state index contributed by atoms with van der Waals surface area (Å²) in [5.41, 5.74) is 1.12. The number of nitrogens with zero attached hydrogens (tertiary/aromatic N) is 3. The van der Waals surface area contributed by atoms with E-state index < -0.39 is 43.1 Å². The maximum atomic E-state index is 11.8. The first-order valence-corrected chi connectivity index (χ1v) is 11.4. The van der Waals surface area contributed by atoms with Gasteiger partial charge in [-0.3, -0.25) is 9.36 Å². The number of hydrogen-bond acceptors (Lipinski definition) is 8. The van der Waals surface area contributed by atoms with Gasteiger partial charge in [-0.2, -0.15) is 5.10 Å². The molecule has 10 nitrogen and oxygen atoms in total. The third-order valence-corrected chi connectivity index (χ3v) is 6.22. The summed E-state index contributed by atoms with van der Waals surface area (Å²) >= 11 is 5.70. The zero-order valence-corrected chi connectivity index (χ0v) is 20.0. The zero-order chi connectivity index (χ0) is 24.3. The molecule has 6 atom stereocenters. The number of nitrogens with one attached hydrogen (secondary N) is 1. The highest BCUT2D eigenvalue weighted by Crippen LogP contribution is 2.30. The Hall–Kier alpha value is -2.31. The predicted molar refractivity (Wildman–Crippen MR) is 122 cm³/mol. The number of aryl methyl sites for hydroxylation is 1. The van der Waals surface area contributed by atoms with Gasteiger partial charge in [0, 0.05) is 13.0 Å². The van der Waals surface area contributed by atoms with Gasteiger partial charge in [0.25, 0.3) is 0 Å². The molecule has 1 aliphatic heterocycles. The maximum absolute atomic E-state index is 11.8. The lowest BCUT2D eigenvalue weighted by molar-refractivity contribution is -0.219. The number of ether oxygens (including phenoxy) is 2. The highest BCUT2D eigenvalue weighted by molar-refractivity contribution is 7.71. The van der Waals surface area contributed by atoms with Crippen LogP contribution >= 0.6 is 12.2 Å². The van der Waals surface area contributed by atoms with Crippen LogP contribution in [0.4, 0.5) is 0 Å². The fourth-order valence-corrected chi connectivity index (χ4v) is 4.24. The molecular weight excluding hydrogens is 448 g/mol. The molecule has 1 amide bonds. The van der Waals surface area contributed by atoms with Crippen molar-refractivity contribution >= 4 is 18.1 Å². The molecule has 0 spiro atoms. The SMILES string of the molecule is CCC(C)n1c(COc2ccc(C)cc2)nn([C@@H]2O[C@H](CO)[C@@H](O)[C@H](O)[C@H]2NC(C)=O)c1=S. The number of hydrogen-bond donors (Lipinski definition) is 4. The lowest BCUT2D eigenvalue weighted by Crippen LogP contribution is -2.62. The fraction of sp³-hybridized carbons (Fsp3) is 0.591. The first kappa shape index (κ1) is 25.3. The summed E-state index contributed by atoms with van der Waals surface area (Å²) in [5, 5.41) is 37.8. The molecule has 0 aliphatic carbocycles. The Morgan fingerprint density at radius 2 is 1.97 bits per heavy atom. The first-order valence-electron chi connectivity index (χ1n) is 11.0. The molecule has 1 saturated heterocycles. The standard InChI is InChI=1S/C22H32N4O6S/c1-5-13(3)25-17(11-31-15-8-6-12(2)7-9-15)24-26(22(25)33)21-18(23-14(4)28)20(30)19(29)16(10-27)32-21/h6-9,13,16,18-21,27,29-30H,5,10-11H2,1-4H3,(H,23,28)/t13?,16-,18-,19-,20-,21-/m1/s1. The summed E-state index contributed by atoms with van der Waals surface area (Å²) in [7, 11) is 0. The molecule has 1 aromatic heterocycles. The van der Waals surface area contributed by atoms with Gasteiger partial charge < -0.3 is 30.1 Å². The average molecular weight is 481 g/mol. The van der Waals surface area contributed by atoms with E-state index in [4.69, 9.17) is 21.7 Å². The van der Waals surface area contributed by atoms with E-state index in [9.17, 15) is 20.1 Å². The Bertz CT molecular complexity index is 1010. The van der Waals surface area contributed by atoms with Crippen molar-refractivity contribution in [3.05, 3.63) is 40.4 Å². The summed E-state index contributed by atoms with van der Waals surface area (Å²) in [6.45, 7) is 6.92. The molecule has 1 aliphatic rings. The minimum absolute atomic E-state index is 0.00479. The number of aliphatic hydroxyl groups is 3. The van der Waals surface area contributed by atoms with Crippen LogP contribution in [0, 0.1) is 11.7 Å². The Labute approximate surface area is 197 Å². The van der Waals surface area contributed by atoms with E-state index in [1.165, 1.54) is 11.6 Å². The molecular formula is C22H32N4O6S. The smallest absolute Gasteiger partial charge is 0.217 e. The van der Waals surface area contributed by atoms with E-state index in [-0.39, 0.29) is 12.6 Å². The van der Waals surface area contributed by atoms with E-state index in [0.29, 0.717) is 16.3 Å². The van der Waals surface area contributed by atoms with E-state index in [1.807, 2.05) is 49.6 Å². The summed E-state index contributed by atoms with van der Waals surface area (Å²) in [5.74, 6) is 0.806. The van der Waals surface area contributed by atoms with E-state index >= 15 is 0 Å². The van der Waals surface area contributed by atoms with Gasteiger partial charge in [0.05, 0.1) is 6.61 Å². The maximum Gasteiger partial charge on any atom is 0.217 e. The quantitative estimate of drug-likeness (QED) is 0.417. The molecule has 33 heavy (non-hydrogen) atoms. The van der Waals surface area contributed by atoms with Crippen molar-refractivity contribution in [2.24, 2.45) is 0 Å². The lowest BCUT2D eigenvalue weighted by Gasteiger charge is -2.42. The molecule has 4 N–H and O–H groups in total. The van der Waals surface area contributed by atoms with Crippen LogP contribution in [-0.2, 0) is 16.1 Å². The largest absolute Gasteiger partial charge is 0.486 e. The van der Waals surface area contributed by atoms with Crippen LogP contribution in [0.1, 0.15) is 50.8 Å². The monoisotopic (exact) mass is 480 g/mol. The molecule has 1 fully saturated rings. The second-order valence-electron chi connectivity index (χ2n) is 8.33. The van der Waals surface area contributed by atoms with Crippen LogP contribution in [0.3, 0.4) is 0 Å². The summed E-state index contributed by atoms with van der Waals surface area (Å²) in [6.07, 6.45) is -4.12. The molecule has 0 bridgehead atoms. The van der Waals surface area contributed by atoms with Crippen molar-refractivity contribution in [1.82, 2.24) is 19.7 Å². The van der Waals surface area contributed by atoms with Gasteiger partial charge in [0.15, 0.2) is 12.1 Å². The molecule has 1 aromatic carbocycles. The Balaban J connectivity index is 2.00. The van der Waals surface area contributed by atoms with Gasteiger partial charge in [0.1, 0.15) is 36.7 Å². The van der Waals surface area contributed by atoms with Crippen LogP contribution in [0.25, 0.3) is 0 Å². The van der Waals surface area contributed by atoms with Crippen molar-refractivity contribution < 1.29 is 29.6 Å². The highest BCUT2D eigenvalue weighted by atomic mass is 32.1.